The quantitative estimate of drug-likeness (QED) is 0.416. The van der Waals surface area contributed by atoms with Crippen molar-refractivity contribution in [3.8, 4) is 11.5 Å². The van der Waals surface area contributed by atoms with E-state index in [0.717, 1.165) is 33.0 Å². The first-order valence-corrected chi connectivity index (χ1v) is 10.2. The average Bonchev–Trinajstić information content (AvgIpc) is 2.97. The summed E-state index contributed by atoms with van der Waals surface area (Å²) < 4.78 is 14.3. The summed E-state index contributed by atoms with van der Waals surface area (Å²) in [6.45, 7) is 8.77. The van der Waals surface area contributed by atoms with Crippen LogP contribution in [0.1, 0.15) is 33.3 Å². The van der Waals surface area contributed by atoms with Gasteiger partial charge in [-0.05, 0) is 64.1 Å². The monoisotopic (exact) mass is 414 g/mol. The molecule has 29 heavy (non-hydrogen) atoms. The molecule has 0 radical (unpaired) electrons. The average molecular weight is 415 g/mol. The van der Waals surface area contributed by atoms with Gasteiger partial charge in [0.2, 0.25) is 0 Å². The Morgan fingerprint density at radius 1 is 1.10 bits per heavy atom. The standard InChI is InChI=1S/C22H26N2O4S/c1-15(23-26-5)16-6-11-19-20(14-16)29-21(25)24(19)12-13-27-17-7-9-18(10-8-17)28-22(2,3)4/h6-11,14H,12-13H2,1-5H3. The number of hydrogen-bond donors (Lipinski definition) is 0. The van der Waals surface area contributed by atoms with Crippen LogP contribution >= 0.6 is 11.3 Å². The summed E-state index contributed by atoms with van der Waals surface area (Å²) in [5.74, 6) is 1.54. The van der Waals surface area contributed by atoms with Crippen molar-refractivity contribution >= 4 is 27.3 Å². The minimum Gasteiger partial charge on any atom is -0.492 e. The second-order valence-electron chi connectivity index (χ2n) is 7.60. The van der Waals surface area contributed by atoms with Gasteiger partial charge in [0.1, 0.15) is 30.8 Å². The molecule has 0 saturated carbocycles. The van der Waals surface area contributed by atoms with E-state index < -0.39 is 0 Å². The molecule has 0 spiro atoms. The van der Waals surface area contributed by atoms with Gasteiger partial charge in [0, 0.05) is 5.56 Å². The number of fused-ring (bicyclic) bond motifs is 1. The molecule has 3 aromatic rings. The van der Waals surface area contributed by atoms with Crippen LogP contribution in [0.15, 0.2) is 52.4 Å². The smallest absolute Gasteiger partial charge is 0.308 e. The van der Waals surface area contributed by atoms with E-state index >= 15 is 0 Å². The maximum atomic E-state index is 12.4. The van der Waals surface area contributed by atoms with Crippen LogP contribution in [0.25, 0.3) is 10.2 Å². The summed E-state index contributed by atoms with van der Waals surface area (Å²) in [6, 6.07) is 13.4. The first-order valence-electron chi connectivity index (χ1n) is 9.40. The lowest BCUT2D eigenvalue weighted by molar-refractivity contribution is 0.131. The van der Waals surface area contributed by atoms with Crippen LogP contribution in [0.2, 0.25) is 0 Å². The van der Waals surface area contributed by atoms with Crippen molar-refractivity contribution in [1.82, 2.24) is 4.57 Å². The zero-order valence-electron chi connectivity index (χ0n) is 17.4. The van der Waals surface area contributed by atoms with Gasteiger partial charge in [0.25, 0.3) is 0 Å². The van der Waals surface area contributed by atoms with Crippen LogP contribution in [0.4, 0.5) is 0 Å². The summed E-state index contributed by atoms with van der Waals surface area (Å²) in [5.41, 5.74) is 2.36. The lowest BCUT2D eigenvalue weighted by Gasteiger charge is -2.21. The molecule has 7 heteroatoms. The van der Waals surface area contributed by atoms with Crippen molar-refractivity contribution in [3.63, 3.8) is 0 Å². The first-order chi connectivity index (χ1) is 13.8. The van der Waals surface area contributed by atoms with Crippen molar-refractivity contribution in [2.75, 3.05) is 13.7 Å². The van der Waals surface area contributed by atoms with Crippen molar-refractivity contribution in [2.24, 2.45) is 5.16 Å². The Morgan fingerprint density at radius 3 is 2.45 bits per heavy atom. The highest BCUT2D eigenvalue weighted by atomic mass is 32.1. The maximum absolute atomic E-state index is 12.4. The van der Waals surface area contributed by atoms with Gasteiger partial charge >= 0.3 is 4.87 Å². The van der Waals surface area contributed by atoms with E-state index in [4.69, 9.17) is 14.3 Å². The zero-order chi connectivity index (χ0) is 21.0. The van der Waals surface area contributed by atoms with Gasteiger partial charge in [-0.1, -0.05) is 22.6 Å². The molecule has 0 fully saturated rings. The Labute approximate surface area is 174 Å². The molecule has 154 valence electrons. The third-order valence-electron chi connectivity index (χ3n) is 4.15. The van der Waals surface area contributed by atoms with E-state index in [2.05, 4.69) is 5.16 Å². The fraction of sp³-hybridized carbons (Fsp3) is 0.364. The molecule has 0 aliphatic heterocycles. The lowest BCUT2D eigenvalue weighted by atomic mass is 10.1. The molecule has 0 aliphatic carbocycles. The number of oxime groups is 1. The molecule has 0 unspecified atom stereocenters. The Hall–Kier alpha value is -2.80. The Bertz CT molecular complexity index is 1060. The predicted molar refractivity (Wildman–Crippen MR) is 118 cm³/mol. The van der Waals surface area contributed by atoms with Crippen molar-refractivity contribution < 1.29 is 14.3 Å². The highest BCUT2D eigenvalue weighted by Gasteiger charge is 2.12. The molecule has 0 N–H and O–H groups in total. The zero-order valence-corrected chi connectivity index (χ0v) is 18.2. The topological polar surface area (TPSA) is 62.0 Å². The molecule has 2 aromatic carbocycles. The predicted octanol–water partition coefficient (Wildman–Crippen LogP) is 4.69. The number of aromatic nitrogens is 1. The third kappa shape index (κ3) is 5.38. The molecule has 0 atom stereocenters. The normalized spacial score (nSPS) is 12.2. The second-order valence-corrected chi connectivity index (χ2v) is 8.59. The minimum atomic E-state index is -0.239. The van der Waals surface area contributed by atoms with E-state index in [1.165, 1.54) is 18.4 Å². The highest BCUT2D eigenvalue weighted by molar-refractivity contribution is 7.16. The first kappa shape index (κ1) is 20.9. The van der Waals surface area contributed by atoms with Crippen LogP contribution < -0.4 is 14.3 Å². The van der Waals surface area contributed by atoms with Crippen LogP contribution in [0, 0.1) is 0 Å². The van der Waals surface area contributed by atoms with Gasteiger partial charge in [0.15, 0.2) is 0 Å². The van der Waals surface area contributed by atoms with Gasteiger partial charge in [0.05, 0.1) is 22.5 Å². The van der Waals surface area contributed by atoms with Crippen LogP contribution in [-0.2, 0) is 11.4 Å². The number of hydrogen-bond acceptors (Lipinski definition) is 6. The summed E-state index contributed by atoms with van der Waals surface area (Å²) in [5, 5.41) is 3.95. The molecule has 3 rings (SSSR count). The number of thiazole rings is 1. The van der Waals surface area contributed by atoms with Crippen molar-refractivity contribution in [1.29, 1.82) is 0 Å². The molecule has 1 aromatic heterocycles. The molecular weight excluding hydrogens is 388 g/mol. The van der Waals surface area contributed by atoms with Gasteiger partial charge in [-0.3, -0.25) is 9.36 Å². The molecular formula is C22H26N2O4S. The van der Waals surface area contributed by atoms with Gasteiger partial charge in [-0.25, -0.2) is 0 Å². The van der Waals surface area contributed by atoms with Gasteiger partial charge < -0.3 is 14.3 Å². The number of benzene rings is 2. The largest absolute Gasteiger partial charge is 0.492 e. The fourth-order valence-corrected chi connectivity index (χ4v) is 3.86. The van der Waals surface area contributed by atoms with Crippen molar-refractivity contribution in [2.45, 2.75) is 39.8 Å². The maximum Gasteiger partial charge on any atom is 0.308 e. The summed E-state index contributed by atoms with van der Waals surface area (Å²) >= 11 is 1.22. The highest BCUT2D eigenvalue weighted by Crippen LogP contribution is 2.22. The lowest BCUT2D eigenvalue weighted by Crippen LogP contribution is -2.22. The molecule has 0 bridgehead atoms. The van der Waals surface area contributed by atoms with E-state index in [0.29, 0.717) is 13.2 Å². The van der Waals surface area contributed by atoms with Crippen LogP contribution in [-0.4, -0.2) is 29.6 Å². The Kier molecular flexibility index (Phi) is 6.27. The van der Waals surface area contributed by atoms with Gasteiger partial charge in [-0.15, -0.1) is 0 Å². The van der Waals surface area contributed by atoms with E-state index in [9.17, 15) is 4.79 Å². The third-order valence-corrected chi connectivity index (χ3v) is 5.09. The summed E-state index contributed by atoms with van der Waals surface area (Å²) in [4.78, 5) is 17.2. The van der Waals surface area contributed by atoms with E-state index in [-0.39, 0.29) is 10.5 Å². The SMILES string of the molecule is CON=C(C)c1ccc2c(c1)sc(=O)n2CCOc1ccc(OC(C)(C)C)cc1. The molecule has 0 saturated heterocycles. The number of ether oxygens (including phenoxy) is 2. The summed E-state index contributed by atoms with van der Waals surface area (Å²) in [6.07, 6.45) is 0. The number of nitrogens with zero attached hydrogens (tertiary/aromatic N) is 2. The number of rotatable bonds is 7. The Balaban J connectivity index is 1.67. The molecule has 1 heterocycles. The molecule has 0 amide bonds. The van der Waals surface area contributed by atoms with Crippen LogP contribution in [0.3, 0.4) is 0 Å². The van der Waals surface area contributed by atoms with E-state index in [1.54, 1.807) is 4.57 Å². The second kappa shape index (κ2) is 8.69. The van der Waals surface area contributed by atoms with E-state index in [1.807, 2.05) is 70.2 Å². The van der Waals surface area contributed by atoms with Gasteiger partial charge in [-0.2, -0.15) is 0 Å². The van der Waals surface area contributed by atoms with Crippen molar-refractivity contribution in [3.05, 3.63) is 57.7 Å². The van der Waals surface area contributed by atoms with Crippen LogP contribution in [0.5, 0.6) is 11.5 Å². The molecule has 0 aliphatic rings. The molecule has 6 nitrogen and oxygen atoms in total. The Morgan fingerprint density at radius 2 is 1.79 bits per heavy atom. The minimum absolute atomic E-state index is 0.00370. The summed E-state index contributed by atoms with van der Waals surface area (Å²) in [7, 11) is 1.52. The fourth-order valence-electron chi connectivity index (χ4n) is 2.91.